The van der Waals surface area contributed by atoms with Gasteiger partial charge in [-0.15, -0.1) is 0 Å². The first kappa shape index (κ1) is 15.0. The van der Waals surface area contributed by atoms with Gasteiger partial charge in [0.15, 0.2) is 0 Å². The minimum atomic E-state index is -0.0550. The molecule has 112 valence electrons. The average Bonchev–Trinajstić information content (AvgIpc) is 3.00. The smallest absolute Gasteiger partial charge is 0.254 e. The molecule has 0 radical (unpaired) electrons. The van der Waals surface area contributed by atoms with E-state index >= 15 is 0 Å². The van der Waals surface area contributed by atoms with E-state index in [-0.39, 0.29) is 12.0 Å². The zero-order chi connectivity index (χ0) is 14.5. The predicted molar refractivity (Wildman–Crippen MR) is 76.5 cm³/mol. The summed E-state index contributed by atoms with van der Waals surface area (Å²) in [5.74, 6) is 0.354. The van der Waals surface area contributed by atoms with Gasteiger partial charge in [0.1, 0.15) is 0 Å². The number of nitrogens with one attached hydrogen (secondary N) is 1. The van der Waals surface area contributed by atoms with E-state index < -0.39 is 0 Å². The van der Waals surface area contributed by atoms with Gasteiger partial charge in [-0.05, 0) is 33.2 Å². The van der Waals surface area contributed by atoms with Crippen molar-refractivity contribution in [3.8, 4) is 0 Å². The van der Waals surface area contributed by atoms with Crippen LogP contribution in [0.15, 0.2) is 6.20 Å². The Morgan fingerprint density at radius 3 is 3.10 bits per heavy atom. The Labute approximate surface area is 119 Å². The number of rotatable bonds is 6. The van der Waals surface area contributed by atoms with Crippen molar-refractivity contribution < 1.29 is 9.53 Å². The van der Waals surface area contributed by atoms with Gasteiger partial charge in [-0.25, -0.2) is 0 Å². The second kappa shape index (κ2) is 6.85. The summed E-state index contributed by atoms with van der Waals surface area (Å²) in [5.41, 5.74) is 7.03. The van der Waals surface area contributed by atoms with Crippen molar-refractivity contribution in [1.82, 2.24) is 15.1 Å². The van der Waals surface area contributed by atoms with Gasteiger partial charge in [-0.1, -0.05) is 0 Å². The van der Waals surface area contributed by atoms with Crippen molar-refractivity contribution in [2.24, 2.45) is 11.7 Å². The molecule has 1 aliphatic rings. The Balaban J connectivity index is 1.90. The number of carbonyl (C=O) groups is 1. The monoisotopic (exact) mass is 280 g/mol. The lowest BCUT2D eigenvalue weighted by Gasteiger charge is -2.14. The van der Waals surface area contributed by atoms with Gasteiger partial charge >= 0.3 is 0 Å². The lowest BCUT2D eigenvalue weighted by Crippen LogP contribution is -2.32. The van der Waals surface area contributed by atoms with Gasteiger partial charge in [0.05, 0.1) is 17.9 Å². The highest BCUT2D eigenvalue weighted by atomic mass is 16.5. The van der Waals surface area contributed by atoms with Crippen molar-refractivity contribution in [3.05, 3.63) is 17.5 Å². The van der Waals surface area contributed by atoms with Crippen LogP contribution in [0.4, 0.5) is 0 Å². The zero-order valence-corrected chi connectivity index (χ0v) is 12.3. The number of nitrogens with two attached hydrogens (primary N) is 1. The Morgan fingerprint density at radius 2 is 2.45 bits per heavy atom. The number of hydrogen-bond acceptors (Lipinski definition) is 4. The van der Waals surface area contributed by atoms with E-state index in [0.717, 1.165) is 31.7 Å². The van der Waals surface area contributed by atoms with Gasteiger partial charge in [0.2, 0.25) is 0 Å². The highest BCUT2D eigenvalue weighted by Crippen LogP contribution is 2.19. The average molecular weight is 280 g/mol. The predicted octanol–water partition coefficient (Wildman–Crippen LogP) is 0.695. The van der Waals surface area contributed by atoms with Gasteiger partial charge < -0.3 is 15.8 Å². The highest BCUT2D eigenvalue weighted by Gasteiger charge is 2.25. The van der Waals surface area contributed by atoms with Crippen molar-refractivity contribution in [3.63, 3.8) is 0 Å². The minimum Gasteiger partial charge on any atom is -0.378 e. The van der Waals surface area contributed by atoms with Crippen LogP contribution in [0.25, 0.3) is 0 Å². The van der Waals surface area contributed by atoms with Crippen LogP contribution in [0, 0.1) is 12.8 Å². The standard InChI is InChI=1S/C14H24N4O2/c1-10-13(9-17-18(10)6-3-5-15)14(19)16-8-12-4-7-20-11(12)2/h9,11-12H,3-8,15H2,1-2H3,(H,16,19). The third-order valence-corrected chi connectivity index (χ3v) is 3.98. The summed E-state index contributed by atoms with van der Waals surface area (Å²) in [5, 5.41) is 7.23. The Bertz CT molecular complexity index is 458. The lowest BCUT2D eigenvalue weighted by molar-refractivity contribution is 0.0907. The van der Waals surface area contributed by atoms with Crippen molar-refractivity contribution in [2.45, 2.75) is 39.3 Å². The maximum Gasteiger partial charge on any atom is 0.254 e. The van der Waals surface area contributed by atoms with E-state index in [2.05, 4.69) is 17.3 Å². The molecule has 20 heavy (non-hydrogen) atoms. The molecule has 2 atom stereocenters. The van der Waals surface area contributed by atoms with E-state index in [9.17, 15) is 4.79 Å². The molecule has 3 N–H and O–H groups in total. The summed E-state index contributed by atoms with van der Waals surface area (Å²) >= 11 is 0. The van der Waals surface area contributed by atoms with Gasteiger partial charge in [0, 0.05) is 31.3 Å². The topological polar surface area (TPSA) is 82.2 Å². The van der Waals surface area contributed by atoms with Crippen LogP contribution in [0.3, 0.4) is 0 Å². The number of amides is 1. The molecule has 0 saturated carbocycles. The molecule has 1 aromatic rings. The summed E-state index contributed by atoms with van der Waals surface area (Å²) in [4.78, 5) is 12.2. The molecule has 6 heteroatoms. The van der Waals surface area contributed by atoms with Crippen molar-refractivity contribution >= 4 is 5.91 Å². The maximum absolute atomic E-state index is 12.2. The molecule has 1 amide bonds. The number of aryl methyl sites for hydroxylation is 1. The Kier molecular flexibility index (Phi) is 5.14. The summed E-state index contributed by atoms with van der Waals surface area (Å²) in [6, 6.07) is 0. The largest absolute Gasteiger partial charge is 0.378 e. The molecule has 0 bridgehead atoms. The number of hydrogen-bond donors (Lipinski definition) is 2. The molecule has 0 spiro atoms. The fourth-order valence-corrected chi connectivity index (χ4v) is 2.50. The van der Waals surface area contributed by atoms with Crippen LogP contribution in [-0.4, -0.2) is 41.5 Å². The van der Waals surface area contributed by atoms with Gasteiger partial charge in [-0.2, -0.15) is 5.10 Å². The third kappa shape index (κ3) is 3.37. The number of ether oxygens (including phenoxy) is 1. The van der Waals surface area contributed by atoms with Crippen LogP contribution in [-0.2, 0) is 11.3 Å². The number of nitrogens with zero attached hydrogens (tertiary/aromatic N) is 2. The molecule has 0 aliphatic carbocycles. The Hall–Kier alpha value is -1.40. The minimum absolute atomic E-state index is 0.0550. The number of carbonyl (C=O) groups excluding carboxylic acids is 1. The molecule has 1 aromatic heterocycles. The van der Waals surface area contributed by atoms with Crippen LogP contribution in [0.1, 0.15) is 35.8 Å². The van der Waals surface area contributed by atoms with Crippen LogP contribution in [0.2, 0.25) is 0 Å². The normalized spacial score (nSPS) is 22.1. The van der Waals surface area contributed by atoms with E-state index in [1.165, 1.54) is 0 Å². The SMILES string of the molecule is Cc1c(C(=O)NCC2CCOC2C)cnn1CCCN. The molecular formula is C14H24N4O2. The zero-order valence-electron chi connectivity index (χ0n) is 12.3. The fraction of sp³-hybridized carbons (Fsp3) is 0.714. The summed E-state index contributed by atoms with van der Waals surface area (Å²) in [6.45, 7) is 6.80. The molecular weight excluding hydrogens is 256 g/mol. The molecule has 1 aliphatic heterocycles. The first-order valence-electron chi connectivity index (χ1n) is 7.25. The fourth-order valence-electron chi connectivity index (χ4n) is 2.50. The summed E-state index contributed by atoms with van der Waals surface area (Å²) < 4.78 is 7.33. The van der Waals surface area contributed by atoms with E-state index in [0.29, 0.717) is 24.6 Å². The number of aromatic nitrogens is 2. The molecule has 2 heterocycles. The molecule has 1 saturated heterocycles. The first-order chi connectivity index (χ1) is 9.63. The molecule has 0 aromatic carbocycles. The third-order valence-electron chi connectivity index (χ3n) is 3.98. The molecule has 6 nitrogen and oxygen atoms in total. The second-order valence-corrected chi connectivity index (χ2v) is 5.34. The summed E-state index contributed by atoms with van der Waals surface area (Å²) in [7, 11) is 0. The molecule has 2 rings (SSSR count). The van der Waals surface area contributed by atoms with Crippen molar-refractivity contribution in [1.29, 1.82) is 0 Å². The maximum atomic E-state index is 12.2. The molecule has 1 fully saturated rings. The first-order valence-corrected chi connectivity index (χ1v) is 7.25. The van der Waals surface area contributed by atoms with Crippen LogP contribution in [0.5, 0.6) is 0 Å². The quantitative estimate of drug-likeness (QED) is 0.803. The van der Waals surface area contributed by atoms with E-state index in [1.54, 1.807) is 6.20 Å². The lowest BCUT2D eigenvalue weighted by atomic mass is 10.0. The van der Waals surface area contributed by atoms with Crippen molar-refractivity contribution in [2.75, 3.05) is 19.7 Å². The van der Waals surface area contributed by atoms with Gasteiger partial charge in [0.25, 0.3) is 5.91 Å². The second-order valence-electron chi connectivity index (χ2n) is 5.34. The van der Waals surface area contributed by atoms with E-state index in [4.69, 9.17) is 10.5 Å². The Morgan fingerprint density at radius 1 is 1.65 bits per heavy atom. The van der Waals surface area contributed by atoms with E-state index in [1.807, 2.05) is 11.6 Å². The highest BCUT2D eigenvalue weighted by molar-refractivity contribution is 5.95. The van der Waals surface area contributed by atoms with Crippen LogP contribution < -0.4 is 11.1 Å². The van der Waals surface area contributed by atoms with Crippen LogP contribution >= 0.6 is 0 Å². The van der Waals surface area contributed by atoms with Gasteiger partial charge in [-0.3, -0.25) is 9.48 Å². The molecule has 2 unspecified atom stereocenters. The summed E-state index contributed by atoms with van der Waals surface area (Å²) in [6.07, 6.45) is 3.73.